The van der Waals surface area contributed by atoms with Gasteiger partial charge in [-0.3, -0.25) is 4.79 Å². The van der Waals surface area contributed by atoms with Crippen LogP contribution in [0.2, 0.25) is 10.0 Å². The Morgan fingerprint density at radius 1 is 1.17 bits per heavy atom. The van der Waals surface area contributed by atoms with Gasteiger partial charge in [0, 0.05) is 6.42 Å². The Balaban J connectivity index is 1.75. The maximum Gasteiger partial charge on any atom is 0.166 e. The highest BCUT2D eigenvalue weighted by atomic mass is 35.5. The van der Waals surface area contributed by atoms with Crippen LogP contribution in [0.5, 0.6) is 0 Å². The minimum Gasteiger partial charge on any atom is -0.294 e. The Kier molecular flexibility index (Phi) is 3.38. The van der Waals surface area contributed by atoms with Crippen LogP contribution in [0.4, 0.5) is 0 Å². The molecule has 2 bridgehead atoms. The van der Waals surface area contributed by atoms with Crippen molar-refractivity contribution < 1.29 is 4.79 Å². The topological polar surface area (TPSA) is 17.1 Å². The van der Waals surface area contributed by atoms with E-state index in [0.29, 0.717) is 27.9 Å². The zero-order valence-electron chi connectivity index (χ0n) is 10.2. The van der Waals surface area contributed by atoms with E-state index in [9.17, 15) is 4.79 Å². The molecule has 2 aliphatic carbocycles. The van der Waals surface area contributed by atoms with E-state index in [1.54, 1.807) is 18.2 Å². The minimum atomic E-state index is 0.114. The van der Waals surface area contributed by atoms with Crippen molar-refractivity contribution in [3.8, 4) is 0 Å². The number of ketones is 1. The van der Waals surface area contributed by atoms with Gasteiger partial charge in [-0.2, -0.15) is 0 Å². The summed E-state index contributed by atoms with van der Waals surface area (Å²) >= 11 is 12.2. The number of halogens is 2. The minimum absolute atomic E-state index is 0.114. The zero-order valence-corrected chi connectivity index (χ0v) is 11.7. The fraction of sp³-hybridized carbons (Fsp3) is 0.533. The van der Waals surface area contributed by atoms with Gasteiger partial charge in [0.2, 0.25) is 0 Å². The van der Waals surface area contributed by atoms with Gasteiger partial charge >= 0.3 is 0 Å². The van der Waals surface area contributed by atoms with E-state index in [2.05, 4.69) is 0 Å². The highest BCUT2D eigenvalue weighted by molar-refractivity contribution is 6.39. The van der Waals surface area contributed by atoms with Crippen LogP contribution >= 0.6 is 23.2 Å². The van der Waals surface area contributed by atoms with Crippen molar-refractivity contribution in [1.82, 2.24) is 0 Å². The molecule has 2 fully saturated rings. The Hall–Kier alpha value is -0.530. The summed E-state index contributed by atoms with van der Waals surface area (Å²) in [6.07, 6.45) is 5.83. The molecular weight excluding hydrogens is 267 g/mol. The molecule has 96 valence electrons. The van der Waals surface area contributed by atoms with Crippen molar-refractivity contribution in [3.63, 3.8) is 0 Å². The summed E-state index contributed by atoms with van der Waals surface area (Å²) in [4.78, 5) is 12.3. The van der Waals surface area contributed by atoms with Crippen molar-refractivity contribution >= 4 is 29.0 Å². The second kappa shape index (κ2) is 4.86. The Bertz CT molecular complexity index is 463. The highest BCUT2D eigenvalue weighted by Gasteiger charge is 2.40. The van der Waals surface area contributed by atoms with Crippen molar-refractivity contribution in [2.24, 2.45) is 17.8 Å². The lowest BCUT2D eigenvalue weighted by Crippen LogP contribution is -2.15. The van der Waals surface area contributed by atoms with Crippen LogP contribution in [0.15, 0.2) is 18.2 Å². The van der Waals surface area contributed by atoms with Gasteiger partial charge in [-0.1, -0.05) is 35.7 Å². The van der Waals surface area contributed by atoms with Gasteiger partial charge < -0.3 is 0 Å². The molecule has 0 spiro atoms. The second-order valence-electron chi connectivity index (χ2n) is 5.66. The molecule has 2 aliphatic rings. The first kappa shape index (κ1) is 12.5. The lowest BCUT2D eigenvalue weighted by Gasteiger charge is -2.21. The van der Waals surface area contributed by atoms with Gasteiger partial charge in [0.15, 0.2) is 5.78 Å². The first-order chi connectivity index (χ1) is 8.65. The summed E-state index contributed by atoms with van der Waals surface area (Å²) in [5.74, 6) is 2.31. The Morgan fingerprint density at radius 2 is 1.89 bits per heavy atom. The highest BCUT2D eigenvalue weighted by Crippen LogP contribution is 2.50. The number of Topliss-reactive ketones (excluding diaryl/α,β-unsaturated/α-hetero) is 1. The summed E-state index contributed by atoms with van der Waals surface area (Å²) in [5, 5.41) is 0.964. The predicted molar refractivity (Wildman–Crippen MR) is 74.3 cm³/mol. The third-order valence-corrected chi connectivity index (χ3v) is 5.20. The van der Waals surface area contributed by atoms with Crippen molar-refractivity contribution in [1.29, 1.82) is 0 Å². The molecular formula is C15H16Cl2O. The van der Waals surface area contributed by atoms with Crippen molar-refractivity contribution in [2.75, 3.05) is 0 Å². The predicted octanol–water partition coefficient (Wildman–Crippen LogP) is 5.00. The second-order valence-corrected chi connectivity index (χ2v) is 6.47. The summed E-state index contributed by atoms with van der Waals surface area (Å²) in [7, 11) is 0. The third-order valence-electron chi connectivity index (χ3n) is 4.57. The van der Waals surface area contributed by atoms with Crippen molar-refractivity contribution in [2.45, 2.75) is 32.1 Å². The molecule has 3 heteroatoms. The van der Waals surface area contributed by atoms with Gasteiger partial charge in [0.05, 0.1) is 15.6 Å². The largest absolute Gasteiger partial charge is 0.294 e. The van der Waals surface area contributed by atoms with E-state index in [1.165, 1.54) is 25.7 Å². The standard InChI is InChI=1S/C15H16Cl2O/c16-12-2-1-3-13(17)15(12)14(18)8-11-7-9-4-5-10(11)6-9/h1-3,9-11H,4-8H2. The fourth-order valence-corrected chi connectivity index (χ4v) is 4.34. The zero-order chi connectivity index (χ0) is 12.7. The first-order valence-corrected chi connectivity index (χ1v) is 7.38. The van der Waals surface area contributed by atoms with Gasteiger partial charge in [-0.25, -0.2) is 0 Å². The van der Waals surface area contributed by atoms with E-state index in [-0.39, 0.29) is 5.78 Å². The van der Waals surface area contributed by atoms with E-state index < -0.39 is 0 Å². The molecule has 0 aromatic heterocycles. The molecule has 3 atom stereocenters. The lowest BCUT2D eigenvalue weighted by molar-refractivity contribution is 0.0944. The summed E-state index contributed by atoms with van der Waals surface area (Å²) in [6.45, 7) is 0. The number of hydrogen-bond donors (Lipinski definition) is 0. The number of benzene rings is 1. The molecule has 0 amide bonds. The average Bonchev–Trinajstić information content (AvgIpc) is 2.90. The lowest BCUT2D eigenvalue weighted by atomic mass is 9.84. The number of hydrogen-bond acceptors (Lipinski definition) is 1. The Morgan fingerprint density at radius 3 is 2.44 bits per heavy atom. The Labute approximate surface area is 117 Å². The van der Waals surface area contributed by atoms with Crippen molar-refractivity contribution in [3.05, 3.63) is 33.8 Å². The van der Waals surface area contributed by atoms with E-state index in [4.69, 9.17) is 23.2 Å². The van der Waals surface area contributed by atoms with Crippen LogP contribution in [-0.4, -0.2) is 5.78 Å². The quantitative estimate of drug-likeness (QED) is 0.713. The van der Waals surface area contributed by atoms with Gasteiger partial charge in [-0.15, -0.1) is 0 Å². The normalized spacial score (nSPS) is 29.8. The molecule has 18 heavy (non-hydrogen) atoms. The van der Waals surface area contributed by atoms with E-state index in [0.717, 1.165) is 11.8 Å². The van der Waals surface area contributed by atoms with Crippen LogP contribution in [0.1, 0.15) is 42.5 Å². The van der Waals surface area contributed by atoms with Crippen LogP contribution in [0.25, 0.3) is 0 Å². The molecule has 0 N–H and O–H groups in total. The van der Waals surface area contributed by atoms with Crippen LogP contribution in [0, 0.1) is 17.8 Å². The van der Waals surface area contributed by atoms with Crippen LogP contribution in [-0.2, 0) is 0 Å². The average molecular weight is 283 g/mol. The first-order valence-electron chi connectivity index (χ1n) is 6.62. The van der Waals surface area contributed by atoms with E-state index in [1.807, 2.05) is 0 Å². The fourth-order valence-electron chi connectivity index (χ4n) is 3.73. The van der Waals surface area contributed by atoms with Crippen LogP contribution in [0.3, 0.4) is 0 Å². The molecule has 0 heterocycles. The number of fused-ring (bicyclic) bond motifs is 2. The SMILES string of the molecule is O=C(CC1CC2CCC1C2)c1c(Cl)cccc1Cl. The molecule has 1 aromatic carbocycles. The smallest absolute Gasteiger partial charge is 0.166 e. The molecule has 0 saturated heterocycles. The molecule has 0 aliphatic heterocycles. The molecule has 2 saturated carbocycles. The maximum atomic E-state index is 12.3. The van der Waals surface area contributed by atoms with Gasteiger partial charge in [0.25, 0.3) is 0 Å². The summed E-state index contributed by atoms with van der Waals surface area (Å²) in [5.41, 5.74) is 0.517. The summed E-state index contributed by atoms with van der Waals surface area (Å²) < 4.78 is 0. The van der Waals surface area contributed by atoms with Crippen LogP contribution < -0.4 is 0 Å². The van der Waals surface area contributed by atoms with Gasteiger partial charge in [-0.05, 0) is 49.1 Å². The molecule has 1 aromatic rings. The molecule has 3 rings (SSSR count). The number of rotatable bonds is 3. The number of carbonyl (C=O) groups excluding carboxylic acids is 1. The molecule has 3 unspecified atom stereocenters. The maximum absolute atomic E-state index is 12.3. The third kappa shape index (κ3) is 2.19. The summed E-state index contributed by atoms with van der Waals surface area (Å²) in [6, 6.07) is 5.25. The van der Waals surface area contributed by atoms with Gasteiger partial charge in [0.1, 0.15) is 0 Å². The van der Waals surface area contributed by atoms with E-state index >= 15 is 0 Å². The number of carbonyl (C=O) groups is 1. The molecule has 0 radical (unpaired) electrons. The monoisotopic (exact) mass is 282 g/mol. The molecule has 1 nitrogen and oxygen atoms in total.